The molecule has 3 rings (SSSR count). The van der Waals surface area contributed by atoms with Gasteiger partial charge in [-0.25, -0.2) is 4.98 Å². The van der Waals surface area contributed by atoms with Gasteiger partial charge in [0.15, 0.2) is 5.96 Å². The average Bonchev–Trinajstić information content (AvgIpc) is 3.17. The van der Waals surface area contributed by atoms with E-state index in [9.17, 15) is 0 Å². The Morgan fingerprint density at radius 2 is 1.79 bits per heavy atom. The van der Waals surface area contributed by atoms with Crippen LogP contribution in [0.5, 0.6) is 0 Å². The topological polar surface area (TPSA) is 54.2 Å². The molecule has 0 spiro atoms. The lowest BCUT2D eigenvalue weighted by atomic mass is 10.1. The Kier molecular flexibility index (Phi) is 8.13. The van der Waals surface area contributed by atoms with Crippen LogP contribution in [0.25, 0.3) is 0 Å². The fourth-order valence-corrected chi connectivity index (χ4v) is 3.20. The normalized spacial score (nSPS) is 11.4. The highest BCUT2D eigenvalue weighted by atomic mass is 35.5. The second kappa shape index (κ2) is 11.3. The molecule has 5 nitrogen and oxygen atoms in total. The summed E-state index contributed by atoms with van der Waals surface area (Å²) in [4.78, 5) is 9.21. The molecule has 0 aliphatic heterocycles. The van der Waals surface area contributed by atoms with Crippen LogP contribution in [-0.4, -0.2) is 35.1 Å². The predicted octanol–water partition coefficient (Wildman–Crippen LogP) is 3.93. The lowest BCUT2D eigenvalue weighted by Gasteiger charge is -2.12. The SMILES string of the molecule is CCNC(=NCCc1nccn1Cc1ccccc1)NCCc1ccc(Cl)cc1. The first-order valence-electron chi connectivity index (χ1n) is 10.0. The molecule has 0 saturated carbocycles. The quantitative estimate of drug-likeness (QED) is 0.416. The number of halogens is 1. The molecule has 0 unspecified atom stereocenters. The number of aliphatic imine (C=N–C) groups is 1. The summed E-state index contributed by atoms with van der Waals surface area (Å²) in [7, 11) is 0. The Labute approximate surface area is 177 Å². The zero-order chi connectivity index (χ0) is 20.3. The van der Waals surface area contributed by atoms with Gasteiger partial charge in [0.1, 0.15) is 5.82 Å². The van der Waals surface area contributed by atoms with E-state index in [1.807, 2.05) is 30.6 Å². The van der Waals surface area contributed by atoms with E-state index in [1.54, 1.807) is 0 Å². The lowest BCUT2D eigenvalue weighted by Crippen LogP contribution is -2.38. The standard InChI is InChI=1S/C23H28ClN5/c1-2-25-23(27-14-12-19-8-10-21(24)11-9-19)28-15-13-22-26-16-17-29(22)18-20-6-4-3-5-7-20/h3-11,16-17H,2,12-15,18H2,1H3,(H2,25,27,28). The van der Waals surface area contributed by atoms with Crippen LogP contribution in [0.4, 0.5) is 0 Å². The highest BCUT2D eigenvalue weighted by molar-refractivity contribution is 6.30. The average molecular weight is 410 g/mol. The van der Waals surface area contributed by atoms with E-state index in [-0.39, 0.29) is 0 Å². The van der Waals surface area contributed by atoms with Gasteiger partial charge >= 0.3 is 0 Å². The summed E-state index contributed by atoms with van der Waals surface area (Å²) in [5.41, 5.74) is 2.52. The molecule has 1 aromatic heterocycles. The van der Waals surface area contributed by atoms with Crippen LogP contribution in [0, 0.1) is 0 Å². The van der Waals surface area contributed by atoms with Crippen molar-refractivity contribution in [1.82, 2.24) is 20.2 Å². The molecular formula is C23H28ClN5. The fraction of sp³-hybridized carbons (Fsp3) is 0.304. The van der Waals surface area contributed by atoms with Crippen LogP contribution in [0.3, 0.4) is 0 Å². The molecule has 2 aromatic carbocycles. The van der Waals surface area contributed by atoms with Crippen LogP contribution < -0.4 is 10.6 Å². The van der Waals surface area contributed by atoms with Crippen molar-refractivity contribution in [2.75, 3.05) is 19.6 Å². The Bertz CT molecular complexity index is 887. The molecule has 1 heterocycles. The number of hydrogen-bond donors (Lipinski definition) is 2. The second-order valence-electron chi connectivity index (χ2n) is 6.77. The third-order valence-electron chi connectivity index (χ3n) is 4.57. The zero-order valence-electron chi connectivity index (χ0n) is 16.8. The van der Waals surface area contributed by atoms with E-state index in [0.29, 0.717) is 6.54 Å². The van der Waals surface area contributed by atoms with Crippen molar-refractivity contribution >= 4 is 17.6 Å². The lowest BCUT2D eigenvalue weighted by molar-refractivity contribution is 0.712. The van der Waals surface area contributed by atoms with Crippen LogP contribution in [0.1, 0.15) is 23.9 Å². The minimum absolute atomic E-state index is 0.683. The van der Waals surface area contributed by atoms with Crippen LogP contribution in [0.2, 0.25) is 5.02 Å². The molecule has 0 amide bonds. The van der Waals surface area contributed by atoms with Gasteiger partial charge in [0.05, 0.1) is 0 Å². The van der Waals surface area contributed by atoms with Gasteiger partial charge in [0, 0.05) is 50.0 Å². The van der Waals surface area contributed by atoms with E-state index < -0.39 is 0 Å². The van der Waals surface area contributed by atoms with Gasteiger partial charge in [-0.1, -0.05) is 54.1 Å². The number of nitrogens with one attached hydrogen (secondary N) is 2. The maximum atomic E-state index is 5.94. The minimum atomic E-state index is 0.683. The van der Waals surface area contributed by atoms with Gasteiger partial charge in [-0.3, -0.25) is 4.99 Å². The van der Waals surface area contributed by atoms with Gasteiger partial charge < -0.3 is 15.2 Å². The Balaban J connectivity index is 1.50. The number of hydrogen-bond acceptors (Lipinski definition) is 2. The molecule has 0 fully saturated rings. The summed E-state index contributed by atoms with van der Waals surface area (Å²) in [6, 6.07) is 18.4. The van der Waals surface area contributed by atoms with Crippen molar-refractivity contribution in [2.45, 2.75) is 26.3 Å². The number of nitrogens with zero attached hydrogens (tertiary/aromatic N) is 3. The molecule has 29 heavy (non-hydrogen) atoms. The molecule has 0 radical (unpaired) electrons. The monoisotopic (exact) mass is 409 g/mol. The molecule has 3 aromatic rings. The van der Waals surface area contributed by atoms with Crippen molar-refractivity contribution < 1.29 is 0 Å². The highest BCUT2D eigenvalue weighted by Gasteiger charge is 2.04. The summed E-state index contributed by atoms with van der Waals surface area (Å²) in [5.74, 6) is 1.89. The Hall–Kier alpha value is -2.79. The Morgan fingerprint density at radius 1 is 1.00 bits per heavy atom. The van der Waals surface area contributed by atoms with E-state index >= 15 is 0 Å². The van der Waals surface area contributed by atoms with Gasteiger partial charge in [-0.15, -0.1) is 0 Å². The third-order valence-corrected chi connectivity index (χ3v) is 4.82. The maximum absolute atomic E-state index is 5.94. The first-order chi connectivity index (χ1) is 14.2. The van der Waals surface area contributed by atoms with Gasteiger partial charge in [-0.05, 0) is 36.6 Å². The van der Waals surface area contributed by atoms with E-state index in [0.717, 1.165) is 49.3 Å². The van der Waals surface area contributed by atoms with E-state index in [1.165, 1.54) is 11.1 Å². The number of guanidine groups is 1. The van der Waals surface area contributed by atoms with Gasteiger partial charge in [-0.2, -0.15) is 0 Å². The van der Waals surface area contributed by atoms with Gasteiger partial charge in [0.2, 0.25) is 0 Å². The summed E-state index contributed by atoms with van der Waals surface area (Å²) >= 11 is 5.94. The molecule has 0 bridgehead atoms. The van der Waals surface area contributed by atoms with Crippen LogP contribution in [-0.2, 0) is 19.4 Å². The van der Waals surface area contributed by atoms with E-state index in [2.05, 4.69) is 63.5 Å². The fourth-order valence-electron chi connectivity index (χ4n) is 3.08. The van der Waals surface area contributed by atoms with E-state index in [4.69, 9.17) is 16.6 Å². The summed E-state index contributed by atoms with van der Waals surface area (Å²) in [6.45, 7) is 5.23. The number of aromatic nitrogens is 2. The zero-order valence-corrected chi connectivity index (χ0v) is 17.6. The maximum Gasteiger partial charge on any atom is 0.191 e. The smallest absolute Gasteiger partial charge is 0.191 e. The number of rotatable bonds is 9. The van der Waals surface area contributed by atoms with Crippen molar-refractivity contribution in [3.63, 3.8) is 0 Å². The van der Waals surface area contributed by atoms with Crippen molar-refractivity contribution in [3.8, 4) is 0 Å². The van der Waals surface area contributed by atoms with Crippen molar-refractivity contribution in [2.24, 2.45) is 4.99 Å². The van der Waals surface area contributed by atoms with Crippen molar-refractivity contribution in [1.29, 1.82) is 0 Å². The molecule has 0 atom stereocenters. The number of benzene rings is 2. The molecule has 0 saturated heterocycles. The largest absolute Gasteiger partial charge is 0.357 e. The minimum Gasteiger partial charge on any atom is -0.357 e. The second-order valence-corrected chi connectivity index (χ2v) is 7.21. The highest BCUT2D eigenvalue weighted by Crippen LogP contribution is 2.09. The molecule has 2 N–H and O–H groups in total. The third kappa shape index (κ3) is 6.95. The molecule has 0 aliphatic rings. The molecular weight excluding hydrogens is 382 g/mol. The van der Waals surface area contributed by atoms with Crippen molar-refractivity contribution in [3.05, 3.63) is 89.0 Å². The summed E-state index contributed by atoms with van der Waals surface area (Å²) < 4.78 is 2.19. The summed E-state index contributed by atoms with van der Waals surface area (Å²) in [6.07, 6.45) is 5.61. The first-order valence-corrected chi connectivity index (χ1v) is 10.4. The summed E-state index contributed by atoms with van der Waals surface area (Å²) in [5, 5.41) is 7.47. The molecule has 6 heteroatoms. The number of imidazole rings is 1. The molecule has 0 aliphatic carbocycles. The Morgan fingerprint density at radius 3 is 2.55 bits per heavy atom. The molecule has 152 valence electrons. The first kappa shape index (κ1) is 20.9. The predicted molar refractivity (Wildman–Crippen MR) is 121 cm³/mol. The van der Waals surface area contributed by atoms with Gasteiger partial charge in [0.25, 0.3) is 0 Å². The van der Waals surface area contributed by atoms with Crippen LogP contribution >= 0.6 is 11.6 Å². The van der Waals surface area contributed by atoms with Crippen LogP contribution in [0.15, 0.2) is 72.0 Å².